The number of aromatic nitrogens is 1. The Morgan fingerprint density at radius 1 is 1.39 bits per heavy atom. The largest absolute Gasteiger partial charge is 0.417 e. The minimum atomic E-state index is -4.42. The lowest BCUT2D eigenvalue weighted by Gasteiger charge is -2.31. The maximum Gasteiger partial charge on any atom is 0.417 e. The van der Waals surface area contributed by atoms with E-state index in [1.807, 2.05) is 4.90 Å². The van der Waals surface area contributed by atoms with Crippen molar-refractivity contribution < 1.29 is 13.2 Å². The Labute approximate surface area is 113 Å². The van der Waals surface area contributed by atoms with E-state index in [2.05, 4.69) is 4.98 Å². The van der Waals surface area contributed by atoms with E-state index in [1.54, 1.807) is 0 Å². The molecule has 1 aromatic heterocycles. The number of piperidine rings is 1. The smallest absolute Gasteiger partial charge is 0.354 e. The maximum atomic E-state index is 12.5. The monoisotopic (exact) mass is 298 g/mol. The first-order valence-corrected chi connectivity index (χ1v) is 6.31. The summed E-state index contributed by atoms with van der Waals surface area (Å²) in [5.41, 5.74) is -0.837. The predicted octanol–water partition coefficient (Wildman–Crippen LogP) is 3.96. The highest BCUT2D eigenvalue weighted by atomic mass is 35.5. The van der Waals surface area contributed by atoms with Gasteiger partial charge >= 0.3 is 6.18 Å². The van der Waals surface area contributed by atoms with Crippen molar-refractivity contribution in [2.24, 2.45) is 0 Å². The minimum Gasteiger partial charge on any atom is -0.354 e. The molecule has 0 N–H and O–H groups in total. The lowest BCUT2D eigenvalue weighted by atomic mass is 10.1. The molecule has 1 atom stereocenters. The number of hydrogen-bond acceptors (Lipinski definition) is 2. The molecule has 1 saturated heterocycles. The normalized spacial score (nSPS) is 21.2. The van der Waals surface area contributed by atoms with Crippen LogP contribution in [0.3, 0.4) is 0 Å². The summed E-state index contributed by atoms with van der Waals surface area (Å²) in [7, 11) is 0. The van der Waals surface area contributed by atoms with Gasteiger partial charge in [0.15, 0.2) is 0 Å². The number of rotatable bonds is 1. The van der Waals surface area contributed by atoms with Crippen molar-refractivity contribution in [3.63, 3.8) is 0 Å². The molecule has 1 aromatic rings. The van der Waals surface area contributed by atoms with Gasteiger partial charge in [-0.1, -0.05) is 11.6 Å². The summed E-state index contributed by atoms with van der Waals surface area (Å²) in [6.07, 6.45) is -1.84. The summed E-state index contributed by atoms with van der Waals surface area (Å²) in [4.78, 5) is 5.64. The number of halogens is 5. The van der Waals surface area contributed by atoms with Gasteiger partial charge in [-0.15, -0.1) is 11.6 Å². The molecule has 1 unspecified atom stereocenters. The summed E-state index contributed by atoms with van der Waals surface area (Å²) < 4.78 is 37.4. The summed E-state index contributed by atoms with van der Waals surface area (Å²) in [6.45, 7) is 1.26. The lowest BCUT2D eigenvalue weighted by molar-refractivity contribution is -0.137. The third kappa shape index (κ3) is 3.01. The Kier molecular flexibility index (Phi) is 3.92. The SMILES string of the molecule is FC(F)(F)c1cnc(N2CCCC(Cl)C2)c(Cl)c1. The van der Waals surface area contributed by atoms with Crippen LogP contribution in [0.1, 0.15) is 18.4 Å². The lowest BCUT2D eigenvalue weighted by Crippen LogP contribution is -2.36. The fourth-order valence-electron chi connectivity index (χ4n) is 1.94. The molecule has 18 heavy (non-hydrogen) atoms. The van der Waals surface area contributed by atoms with Gasteiger partial charge in [0, 0.05) is 19.3 Å². The second-order valence-corrected chi connectivity index (χ2v) is 5.24. The standard InChI is InChI=1S/C11H11Cl2F3N2/c12-8-2-1-3-18(6-8)10-9(13)4-7(5-17-10)11(14,15)16/h4-5,8H,1-3,6H2. The molecule has 2 nitrogen and oxygen atoms in total. The molecule has 0 amide bonds. The second-order valence-electron chi connectivity index (χ2n) is 4.21. The van der Waals surface area contributed by atoms with E-state index in [0.29, 0.717) is 18.9 Å². The molecule has 0 bridgehead atoms. The first-order chi connectivity index (χ1) is 8.38. The van der Waals surface area contributed by atoms with E-state index < -0.39 is 11.7 Å². The van der Waals surface area contributed by atoms with Crippen molar-refractivity contribution in [1.29, 1.82) is 0 Å². The van der Waals surface area contributed by atoms with E-state index in [-0.39, 0.29) is 10.4 Å². The van der Waals surface area contributed by atoms with Crippen LogP contribution >= 0.6 is 23.2 Å². The van der Waals surface area contributed by atoms with Gasteiger partial charge in [0.1, 0.15) is 5.82 Å². The van der Waals surface area contributed by atoms with Gasteiger partial charge in [-0.3, -0.25) is 0 Å². The van der Waals surface area contributed by atoms with Gasteiger partial charge in [-0.2, -0.15) is 13.2 Å². The number of alkyl halides is 4. The summed E-state index contributed by atoms with van der Waals surface area (Å²) in [5, 5.41) is -0.00509. The van der Waals surface area contributed by atoms with E-state index in [1.165, 1.54) is 0 Å². The van der Waals surface area contributed by atoms with Crippen molar-refractivity contribution in [1.82, 2.24) is 4.98 Å². The van der Waals surface area contributed by atoms with Crippen molar-refractivity contribution >= 4 is 29.0 Å². The molecule has 0 radical (unpaired) electrons. The molecular formula is C11H11Cl2F3N2. The molecule has 1 fully saturated rings. The number of nitrogens with zero attached hydrogens (tertiary/aromatic N) is 2. The maximum absolute atomic E-state index is 12.5. The van der Waals surface area contributed by atoms with Gasteiger partial charge in [0.05, 0.1) is 16.0 Å². The zero-order valence-electron chi connectivity index (χ0n) is 9.34. The average Bonchev–Trinajstić information content (AvgIpc) is 2.27. The Bertz CT molecular complexity index is 437. The molecule has 1 aliphatic heterocycles. The fraction of sp³-hybridized carbons (Fsp3) is 0.545. The quantitative estimate of drug-likeness (QED) is 0.730. The Balaban J connectivity index is 2.24. The van der Waals surface area contributed by atoms with Crippen LogP contribution in [0.5, 0.6) is 0 Å². The molecule has 1 aliphatic rings. The van der Waals surface area contributed by atoms with Crippen LogP contribution in [0, 0.1) is 0 Å². The average molecular weight is 299 g/mol. The summed E-state index contributed by atoms with van der Waals surface area (Å²) in [6, 6.07) is 0.904. The predicted molar refractivity (Wildman–Crippen MR) is 65.3 cm³/mol. The van der Waals surface area contributed by atoms with Crippen LogP contribution in [0.15, 0.2) is 12.3 Å². The Morgan fingerprint density at radius 2 is 2.11 bits per heavy atom. The molecule has 0 aromatic carbocycles. The highest BCUT2D eigenvalue weighted by Gasteiger charge is 2.32. The summed E-state index contributed by atoms with van der Waals surface area (Å²) >= 11 is 11.9. The van der Waals surface area contributed by atoms with Crippen LogP contribution in [0.4, 0.5) is 19.0 Å². The van der Waals surface area contributed by atoms with Crippen molar-refractivity contribution in [3.8, 4) is 0 Å². The molecular weight excluding hydrogens is 288 g/mol. The molecule has 100 valence electrons. The van der Waals surface area contributed by atoms with Crippen LogP contribution in [-0.4, -0.2) is 23.5 Å². The third-order valence-corrected chi connectivity index (χ3v) is 3.45. The number of anilines is 1. The highest BCUT2D eigenvalue weighted by Crippen LogP contribution is 2.34. The molecule has 2 rings (SSSR count). The fourth-order valence-corrected chi connectivity index (χ4v) is 2.54. The van der Waals surface area contributed by atoms with Crippen LogP contribution < -0.4 is 4.90 Å². The molecule has 7 heteroatoms. The number of pyridine rings is 1. The zero-order valence-corrected chi connectivity index (χ0v) is 10.9. The Morgan fingerprint density at radius 3 is 2.67 bits per heavy atom. The van der Waals surface area contributed by atoms with Gasteiger partial charge in [0.25, 0.3) is 0 Å². The molecule has 0 saturated carbocycles. The zero-order chi connectivity index (χ0) is 13.3. The molecule has 0 spiro atoms. The minimum absolute atomic E-state index is 0.00981. The van der Waals surface area contributed by atoms with Crippen molar-refractivity contribution in [2.45, 2.75) is 24.4 Å². The van der Waals surface area contributed by atoms with Gasteiger partial charge in [-0.05, 0) is 18.9 Å². The van der Waals surface area contributed by atoms with Crippen molar-refractivity contribution in [3.05, 3.63) is 22.8 Å². The van der Waals surface area contributed by atoms with Gasteiger partial charge < -0.3 is 4.90 Å². The van der Waals surface area contributed by atoms with Crippen LogP contribution in [0.25, 0.3) is 0 Å². The van der Waals surface area contributed by atoms with E-state index in [0.717, 1.165) is 25.1 Å². The second kappa shape index (κ2) is 5.13. The first kappa shape index (κ1) is 13.7. The van der Waals surface area contributed by atoms with E-state index in [9.17, 15) is 13.2 Å². The highest BCUT2D eigenvalue weighted by molar-refractivity contribution is 6.33. The number of hydrogen-bond donors (Lipinski definition) is 0. The third-order valence-electron chi connectivity index (χ3n) is 2.81. The summed E-state index contributed by atoms with van der Waals surface area (Å²) in [5.74, 6) is 0.370. The molecule has 0 aliphatic carbocycles. The first-order valence-electron chi connectivity index (χ1n) is 5.49. The van der Waals surface area contributed by atoms with Crippen LogP contribution in [0.2, 0.25) is 5.02 Å². The molecule has 2 heterocycles. The van der Waals surface area contributed by atoms with Crippen molar-refractivity contribution in [2.75, 3.05) is 18.0 Å². The van der Waals surface area contributed by atoms with Gasteiger partial charge in [-0.25, -0.2) is 4.98 Å². The van der Waals surface area contributed by atoms with E-state index in [4.69, 9.17) is 23.2 Å². The topological polar surface area (TPSA) is 16.1 Å². The van der Waals surface area contributed by atoms with Gasteiger partial charge in [0.2, 0.25) is 0 Å². The van der Waals surface area contributed by atoms with E-state index >= 15 is 0 Å². The Hall–Kier alpha value is -0.680. The van der Waals surface area contributed by atoms with Crippen LogP contribution in [-0.2, 0) is 6.18 Å².